The smallest absolute Gasteiger partial charge is 0.239 e. The van der Waals surface area contributed by atoms with Gasteiger partial charge in [-0.25, -0.2) is 0 Å². The van der Waals surface area contributed by atoms with Crippen LogP contribution in [0.1, 0.15) is 13.3 Å². The minimum atomic E-state index is 0.0378. The summed E-state index contributed by atoms with van der Waals surface area (Å²) in [5.74, 6) is 0.0378. The van der Waals surface area contributed by atoms with Crippen LogP contribution in [0, 0.1) is 0 Å². The summed E-state index contributed by atoms with van der Waals surface area (Å²) in [5, 5.41) is 5.90. The van der Waals surface area contributed by atoms with E-state index in [4.69, 9.17) is 0 Å². The van der Waals surface area contributed by atoms with E-state index in [9.17, 15) is 4.79 Å². The van der Waals surface area contributed by atoms with Crippen molar-refractivity contribution in [2.24, 2.45) is 0 Å². The van der Waals surface area contributed by atoms with Crippen LogP contribution < -0.4 is 10.6 Å². The lowest BCUT2D eigenvalue weighted by molar-refractivity contribution is -0.119. The lowest BCUT2D eigenvalue weighted by Gasteiger charge is -2.07. The van der Waals surface area contributed by atoms with E-state index >= 15 is 0 Å². The minimum Gasteiger partial charge on any atom is -0.376 e. The zero-order valence-corrected chi connectivity index (χ0v) is 10.6. The molecule has 88 valence electrons. The van der Waals surface area contributed by atoms with Crippen LogP contribution in [0.5, 0.6) is 0 Å². The normalized spacial score (nSPS) is 9.88. The van der Waals surface area contributed by atoms with E-state index in [-0.39, 0.29) is 5.91 Å². The van der Waals surface area contributed by atoms with Crippen molar-refractivity contribution in [3.8, 4) is 0 Å². The number of carbonyl (C=O) groups excluding carboxylic acids is 1. The minimum absolute atomic E-state index is 0.0378. The molecule has 1 aromatic rings. The van der Waals surface area contributed by atoms with Gasteiger partial charge >= 0.3 is 0 Å². The van der Waals surface area contributed by atoms with Gasteiger partial charge in [0.1, 0.15) is 0 Å². The molecule has 3 nitrogen and oxygen atoms in total. The van der Waals surface area contributed by atoms with Crippen molar-refractivity contribution in [2.75, 3.05) is 24.7 Å². The standard InChI is InChI=1S/C12H18N2OS/c1-3-8-13-12(15)9-14-10-4-6-11(16-2)7-5-10/h4-7,14H,3,8-9H2,1-2H3,(H,13,15). The third-order valence-corrected chi connectivity index (χ3v) is 2.86. The molecule has 1 rings (SSSR count). The second kappa shape index (κ2) is 7.17. The Morgan fingerprint density at radius 1 is 1.31 bits per heavy atom. The first-order valence-electron chi connectivity index (χ1n) is 5.41. The Labute approximate surface area is 101 Å². The SMILES string of the molecule is CCCNC(=O)CNc1ccc(SC)cc1. The second-order valence-electron chi connectivity index (χ2n) is 3.43. The van der Waals surface area contributed by atoms with Crippen LogP contribution in [0.4, 0.5) is 5.69 Å². The predicted octanol–water partition coefficient (Wildman–Crippen LogP) is 2.35. The maximum atomic E-state index is 11.3. The highest BCUT2D eigenvalue weighted by molar-refractivity contribution is 7.98. The molecular weight excluding hydrogens is 220 g/mol. The van der Waals surface area contributed by atoms with Crippen LogP contribution in [0.3, 0.4) is 0 Å². The maximum Gasteiger partial charge on any atom is 0.239 e. The van der Waals surface area contributed by atoms with Crippen molar-refractivity contribution >= 4 is 23.4 Å². The summed E-state index contributed by atoms with van der Waals surface area (Å²) in [7, 11) is 0. The molecule has 0 atom stereocenters. The van der Waals surface area contributed by atoms with Gasteiger partial charge in [0.25, 0.3) is 0 Å². The van der Waals surface area contributed by atoms with Gasteiger partial charge in [0.15, 0.2) is 0 Å². The van der Waals surface area contributed by atoms with Gasteiger partial charge in [0.05, 0.1) is 6.54 Å². The van der Waals surface area contributed by atoms with Crippen molar-refractivity contribution in [3.05, 3.63) is 24.3 Å². The number of nitrogens with one attached hydrogen (secondary N) is 2. The third-order valence-electron chi connectivity index (χ3n) is 2.12. The zero-order chi connectivity index (χ0) is 11.8. The Morgan fingerprint density at radius 3 is 2.56 bits per heavy atom. The molecule has 2 N–H and O–H groups in total. The van der Waals surface area contributed by atoms with E-state index in [0.29, 0.717) is 6.54 Å². The average Bonchev–Trinajstić information content (AvgIpc) is 2.34. The van der Waals surface area contributed by atoms with E-state index in [1.54, 1.807) is 11.8 Å². The first kappa shape index (κ1) is 12.9. The van der Waals surface area contributed by atoms with E-state index in [2.05, 4.69) is 10.6 Å². The fourth-order valence-corrected chi connectivity index (χ4v) is 1.63. The molecule has 0 bridgehead atoms. The molecule has 0 saturated carbocycles. The molecule has 0 spiro atoms. The van der Waals surface area contributed by atoms with Crippen molar-refractivity contribution < 1.29 is 4.79 Å². The predicted molar refractivity (Wildman–Crippen MR) is 70.0 cm³/mol. The van der Waals surface area contributed by atoms with Gasteiger partial charge in [-0.2, -0.15) is 0 Å². The lowest BCUT2D eigenvalue weighted by Crippen LogP contribution is -2.30. The summed E-state index contributed by atoms with van der Waals surface area (Å²) < 4.78 is 0. The maximum absolute atomic E-state index is 11.3. The number of hydrogen-bond donors (Lipinski definition) is 2. The molecule has 16 heavy (non-hydrogen) atoms. The second-order valence-corrected chi connectivity index (χ2v) is 4.31. The van der Waals surface area contributed by atoms with Gasteiger partial charge in [-0.1, -0.05) is 6.92 Å². The van der Waals surface area contributed by atoms with Gasteiger partial charge < -0.3 is 10.6 Å². The Bertz CT molecular complexity index is 324. The van der Waals surface area contributed by atoms with E-state index in [0.717, 1.165) is 18.7 Å². The molecule has 0 aliphatic rings. The number of hydrogen-bond acceptors (Lipinski definition) is 3. The highest BCUT2D eigenvalue weighted by atomic mass is 32.2. The molecule has 0 fully saturated rings. The summed E-state index contributed by atoms with van der Waals surface area (Å²) in [4.78, 5) is 12.5. The molecule has 1 amide bonds. The Kier molecular flexibility index (Phi) is 5.78. The van der Waals surface area contributed by atoms with Crippen molar-refractivity contribution in [1.82, 2.24) is 5.32 Å². The number of amides is 1. The van der Waals surface area contributed by atoms with Gasteiger partial charge in [-0.3, -0.25) is 4.79 Å². The average molecular weight is 238 g/mol. The number of thioether (sulfide) groups is 1. The van der Waals surface area contributed by atoms with Gasteiger partial charge in [-0.05, 0) is 36.9 Å². The summed E-state index contributed by atoms with van der Waals surface area (Å²) in [5.41, 5.74) is 0.976. The van der Waals surface area contributed by atoms with Gasteiger partial charge in [0, 0.05) is 17.1 Å². The number of anilines is 1. The fourth-order valence-electron chi connectivity index (χ4n) is 1.22. The molecule has 0 aromatic heterocycles. The van der Waals surface area contributed by atoms with Crippen molar-refractivity contribution in [3.63, 3.8) is 0 Å². The molecule has 0 radical (unpaired) electrons. The van der Waals surface area contributed by atoms with Crippen LogP contribution in [-0.4, -0.2) is 25.3 Å². The summed E-state index contributed by atoms with van der Waals surface area (Å²) in [6, 6.07) is 8.05. The molecule has 0 unspecified atom stereocenters. The number of benzene rings is 1. The molecule has 4 heteroatoms. The van der Waals surface area contributed by atoms with E-state index in [1.807, 2.05) is 37.4 Å². The van der Waals surface area contributed by atoms with Crippen molar-refractivity contribution in [1.29, 1.82) is 0 Å². The van der Waals surface area contributed by atoms with Crippen LogP contribution in [0.25, 0.3) is 0 Å². The monoisotopic (exact) mass is 238 g/mol. The molecule has 0 aliphatic heterocycles. The molecule has 1 aromatic carbocycles. The van der Waals surface area contributed by atoms with E-state index < -0.39 is 0 Å². The van der Waals surface area contributed by atoms with Crippen LogP contribution in [0.2, 0.25) is 0 Å². The van der Waals surface area contributed by atoms with Crippen LogP contribution >= 0.6 is 11.8 Å². The fraction of sp³-hybridized carbons (Fsp3) is 0.417. The van der Waals surface area contributed by atoms with E-state index in [1.165, 1.54) is 4.90 Å². The van der Waals surface area contributed by atoms with Crippen molar-refractivity contribution in [2.45, 2.75) is 18.2 Å². The summed E-state index contributed by atoms with van der Waals surface area (Å²) in [6.07, 6.45) is 3.01. The van der Waals surface area contributed by atoms with Crippen LogP contribution in [0.15, 0.2) is 29.2 Å². The van der Waals surface area contributed by atoms with Gasteiger partial charge in [0.2, 0.25) is 5.91 Å². The van der Waals surface area contributed by atoms with Gasteiger partial charge in [-0.15, -0.1) is 11.8 Å². The number of carbonyl (C=O) groups is 1. The summed E-state index contributed by atoms with van der Waals surface area (Å²) >= 11 is 1.71. The third kappa shape index (κ3) is 4.57. The topological polar surface area (TPSA) is 41.1 Å². The molecular formula is C12H18N2OS. The quantitative estimate of drug-likeness (QED) is 0.747. The first-order chi connectivity index (χ1) is 7.76. The Balaban J connectivity index is 2.33. The highest BCUT2D eigenvalue weighted by Gasteiger charge is 1.99. The molecule has 0 aliphatic carbocycles. The Morgan fingerprint density at radius 2 is 2.00 bits per heavy atom. The largest absolute Gasteiger partial charge is 0.376 e. The molecule has 0 heterocycles. The molecule has 0 saturated heterocycles. The highest BCUT2D eigenvalue weighted by Crippen LogP contribution is 2.17. The first-order valence-corrected chi connectivity index (χ1v) is 6.63. The number of rotatable bonds is 6. The van der Waals surface area contributed by atoms with Crippen LogP contribution in [-0.2, 0) is 4.79 Å². The summed E-state index contributed by atoms with van der Waals surface area (Å²) in [6.45, 7) is 3.11. The lowest BCUT2D eigenvalue weighted by atomic mass is 10.3. The zero-order valence-electron chi connectivity index (χ0n) is 9.75. The Hall–Kier alpha value is -1.16.